The van der Waals surface area contributed by atoms with E-state index in [1.807, 2.05) is 0 Å². The summed E-state index contributed by atoms with van der Waals surface area (Å²) in [6.45, 7) is 1.59. The van der Waals surface area contributed by atoms with Crippen molar-refractivity contribution >= 4 is 18.9 Å². The van der Waals surface area contributed by atoms with Gasteiger partial charge < -0.3 is 19.2 Å². The van der Waals surface area contributed by atoms with Crippen molar-refractivity contribution in [3.05, 3.63) is 0 Å². The zero-order valence-corrected chi connectivity index (χ0v) is 6.84. The SMILES string of the molecule is CCS(=O)[O-].O=P(O)(O)O. The lowest BCUT2D eigenvalue weighted by molar-refractivity contribution is 0.275. The van der Waals surface area contributed by atoms with E-state index in [2.05, 4.69) is 0 Å². The van der Waals surface area contributed by atoms with Crippen LogP contribution in [0.4, 0.5) is 0 Å². The molecule has 0 aromatic heterocycles. The zero-order valence-electron chi connectivity index (χ0n) is 5.13. The molecule has 0 amide bonds. The predicted octanol–water partition coefficient (Wildman–Crippen LogP) is -1.04. The lowest BCUT2D eigenvalue weighted by Gasteiger charge is -1.93. The summed E-state index contributed by atoms with van der Waals surface area (Å²) in [4.78, 5) is 21.6. The van der Waals surface area contributed by atoms with Gasteiger partial charge in [-0.3, -0.25) is 4.21 Å². The summed E-state index contributed by atoms with van der Waals surface area (Å²) in [6.07, 6.45) is 0. The summed E-state index contributed by atoms with van der Waals surface area (Å²) in [6, 6.07) is 0. The summed E-state index contributed by atoms with van der Waals surface area (Å²) in [5.41, 5.74) is 0. The molecule has 0 radical (unpaired) electrons. The van der Waals surface area contributed by atoms with Crippen molar-refractivity contribution in [1.82, 2.24) is 0 Å². The van der Waals surface area contributed by atoms with Gasteiger partial charge >= 0.3 is 7.82 Å². The molecule has 0 bridgehead atoms. The maximum Gasteiger partial charge on any atom is 0.466 e. The molecule has 0 aliphatic heterocycles. The molecule has 10 heavy (non-hydrogen) atoms. The molecule has 0 spiro atoms. The van der Waals surface area contributed by atoms with Gasteiger partial charge in [0.05, 0.1) is 0 Å². The Morgan fingerprint density at radius 2 is 1.60 bits per heavy atom. The largest absolute Gasteiger partial charge is 0.772 e. The Balaban J connectivity index is 0. The van der Waals surface area contributed by atoms with E-state index >= 15 is 0 Å². The number of hydrogen-bond acceptors (Lipinski definition) is 3. The number of hydrogen-bond donors (Lipinski definition) is 3. The van der Waals surface area contributed by atoms with E-state index in [4.69, 9.17) is 19.2 Å². The Morgan fingerprint density at radius 1 is 1.50 bits per heavy atom. The van der Waals surface area contributed by atoms with E-state index < -0.39 is 18.9 Å². The molecule has 0 saturated carbocycles. The van der Waals surface area contributed by atoms with E-state index in [0.717, 1.165) is 0 Å². The van der Waals surface area contributed by atoms with Gasteiger partial charge in [-0.15, -0.1) is 0 Å². The molecule has 0 aromatic carbocycles. The van der Waals surface area contributed by atoms with Crippen LogP contribution in [-0.2, 0) is 15.6 Å². The summed E-state index contributed by atoms with van der Waals surface area (Å²) in [7, 11) is -4.64. The van der Waals surface area contributed by atoms with E-state index in [0.29, 0.717) is 0 Å². The molecule has 0 heterocycles. The van der Waals surface area contributed by atoms with Crippen LogP contribution in [0.25, 0.3) is 0 Å². The molecule has 0 saturated heterocycles. The molecule has 0 rings (SSSR count). The predicted molar refractivity (Wildman–Crippen MR) is 33.7 cm³/mol. The number of rotatable bonds is 1. The maximum absolute atomic E-state index is 9.37. The van der Waals surface area contributed by atoms with Crippen molar-refractivity contribution in [3.8, 4) is 0 Å². The van der Waals surface area contributed by atoms with Crippen molar-refractivity contribution in [2.75, 3.05) is 5.75 Å². The molecule has 3 N–H and O–H groups in total. The Morgan fingerprint density at radius 3 is 1.60 bits per heavy atom. The van der Waals surface area contributed by atoms with Crippen molar-refractivity contribution in [2.45, 2.75) is 6.92 Å². The molecule has 1 atom stereocenters. The van der Waals surface area contributed by atoms with Crippen molar-refractivity contribution in [3.63, 3.8) is 0 Å². The van der Waals surface area contributed by atoms with Crippen LogP contribution in [0.2, 0.25) is 0 Å². The van der Waals surface area contributed by atoms with E-state index in [1.165, 1.54) is 0 Å². The van der Waals surface area contributed by atoms with Gasteiger partial charge in [-0.05, 0) is 0 Å². The normalized spacial score (nSPS) is 13.3. The van der Waals surface area contributed by atoms with Crippen LogP contribution in [-0.4, -0.2) is 29.2 Å². The van der Waals surface area contributed by atoms with Gasteiger partial charge in [0.25, 0.3) is 0 Å². The molecule has 0 aromatic rings. The van der Waals surface area contributed by atoms with Crippen LogP contribution in [0.5, 0.6) is 0 Å². The van der Waals surface area contributed by atoms with Gasteiger partial charge in [0.15, 0.2) is 0 Å². The van der Waals surface area contributed by atoms with Gasteiger partial charge in [-0.1, -0.05) is 18.0 Å². The highest BCUT2D eigenvalue weighted by Gasteiger charge is 2.00. The fourth-order valence-electron chi connectivity index (χ4n) is 0. The first-order valence-corrected chi connectivity index (χ1v) is 4.92. The zero-order chi connectivity index (χ0) is 8.78. The standard InChI is InChI=1S/C2H6O2S.H3O4P/c1-2-5(3)4;1-5(2,3)4/h2H2,1H3,(H,3,4);(H3,1,2,3,4)/p-1. The van der Waals surface area contributed by atoms with Crippen molar-refractivity contribution in [2.24, 2.45) is 0 Å². The van der Waals surface area contributed by atoms with Gasteiger partial charge in [0.2, 0.25) is 0 Å². The Labute approximate surface area is 60.4 Å². The molecule has 6 nitrogen and oxygen atoms in total. The van der Waals surface area contributed by atoms with Crippen LogP contribution >= 0.6 is 7.82 Å². The summed E-state index contributed by atoms with van der Waals surface area (Å²) < 4.78 is 27.6. The topological polar surface area (TPSA) is 118 Å². The molecule has 0 fully saturated rings. The van der Waals surface area contributed by atoms with Gasteiger partial charge in [0, 0.05) is 5.75 Å². The quantitative estimate of drug-likeness (QED) is 0.359. The van der Waals surface area contributed by atoms with E-state index in [9.17, 15) is 8.76 Å². The highest BCUT2D eigenvalue weighted by atomic mass is 32.2. The maximum atomic E-state index is 9.37. The van der Waals surface area contributed by atoms with Gasteiger partial charge in [-0.25, -0.2) is 4.57 Å². The van der Waals surface area contributed by atoms with Gasteiger partial charge in [0.1, 0.15) is 0 Å². The smallest absolute Gasteiger partial charge is 0.466 e. The highest BCUT2D eigenvalue weighted by Crippen LogP contribution is 2.25. The third-order valence-electron chi connectivity index (χ3n) is 0.236. The first-order valence-electron chi connectivity index (χ1n) is 2.11. The van der Waals surface area contributed by atoms with Crippen LogP contribution < -0.4 is 0 Å². The number of phosphoric acid groups is 1. The summed E-state index contributed by atoms with van der Waals surface area (Å²) >= 11 is -1.82. The summed E-state index contributed by atoms with van der Waals surface area (Å²) in [5, 5.41) is 0. The second-order valence-corrected chi connectivity index (χ2v) is 3.32. The second kappa shape index (κ2) is 5.96. The van der Waals surface area contributed by atoms with Crippen LogP contribution in [0, 0.1) is 0 Å². The van der Waals surface area contributed by atoms with E-state index in [1.54, 1.807) is 6.92 Å². The molecule has 64 valence electrons. The fourth-order valence-corrected chi connectivity index (χ4v) is 0. The van der Waals surface area contributed by atoms with Gasteiger partial charge in [-0.2, -0.15) is 0 Å². The minimum absolute atomic E-state index is 0.222. The van der Waals surface area contributed by atoms with E-state index in [-0.39, 0.29) is 5.75 Å². The first-order chi connectivity index (χ1) is 4.27. The lowest BCUT2D eigenvalue weighted by Crippen LogP contribution is -1.85. The summed E-state index contributed by atoms with van der Waals surface area (Å²) in [5.74, 6) is 0.222. The van der Waals surface area contributed by atoms with Crippen molar-refractivity contribution < 1.29 is 28.0 Å². The Kier molecular flexibility index (Phi) is 7.67. The Bertz CT molecular complexity index is 130. The third-order valence-corrected chi connectivity index (χ3v) is 0.707. The third kappa shape index (κ3) is 86.9. The average Bonchev–Trinajstić information content (AvgIpc) is 1.61. The van der Waals surface area contributed by atoms with Crippen LogP contribution in [0.15, 0.2) is 0 Å². The molecular formula is C2H8O6PS-. The fraction of sp³-hybridized carbons (Fsp3) is 1.00. The first kappa shape index (κ1) is 12.9. The minimum atomic E-state index is -4.64. The molecule has 1 unspecified atom stereocenters. The van der Waals surface area contributed by atoms with Crippen LogP contribution in [0.3, 0.4) is 0 Å². The monoisotopic (exact) mass is 191 g/mol. The molecule has 8 heteroatoms. The highest BCUT2D eigenvalue weighted by molar-refractivity contribution is 7.79. The second-order valence-electron chi connectivity index (χ2n) is 1.11. The van der Waals surface area contributed by atoms with Crippen molar-refractivity contribution in [1.29, 1.82) is 0 Å². The molecule has 0 aliphatic carbocycles. The van der Waals surface area contributed by atoms with Crippen LogP contribution in [0.1, 0.15) is 6.92 Å². The molecule has 0 aliphatic rings. The molecular weight excluding hydrogens is 183 g/mol. The average molecular weight is 191 g/mol. The minimum Gasteiger partial charge on any atom is -0.772 e. The Hall–Kier alpha value is 0.220. The lowest BCUT2D eigenvalue weighted by atomic mass is 11.0.